The first-order valence-electron chi connectivity index (χ1n) is 12.3. The largest absolute Gasteiger partial charge is 1.00 e. The van der Waals surface area contributed by atoms with Crippen molar-refractivity contribution in [1.82, 2.24) is 9.47 Å². The number of rotatable bonds is 4. The number of allylic oxidation sites excluding steroid dienone is 3. The predicted molar refractivity (Wildman–Crippen MR) is 136 cm³/mol. The number of hydrogen-bond acceptors (Lipinski definition) is 6. The predicted octanol–water partition coefficient (Wildman–Crippen LogP) is -0.0678. The molecule has 1 aromatic heterocycles. The molecule has 3 aliphatic rings. The smallest absolute Gasteiger partial charge is 0.341 e. The van der Waals surface area contributed by atoms with Crippen molar-refractivity contribution in [2.75, 3.05) is 31.2 Å². The molecule has 2 aromatic rings. The fourth-order valence-corrected chi connectivity index (χ4v) is 5.76. The molecular formula is C26H28ClF2N5O5. The lowest BCUT2D eigenvalue weighted by molar-refractivity contribution is -0.956. The normalized spacial score (nSPS) is 22.6. The number of aromatic nitrogens is 1. The molecule has 1 aromatic carbocycles. The third kappa shape index (κ3) is 4.18. The highest BCUT2D eigenvalue weighted by Crippen LogP contribution is 2.37. The number of pyridine rings is 1. The lowest BCUT2D eigenvalue weighted by Gasteiger charge is -2.43. The van der Waals surface area contributed by atoms with Gasteiger partial charge in [-0.2, -0.15) is 4.59 Å². The summed E-state index contributed by atoms with van der Waals surface area (Å²) in [4.78, 5) is 39.6. The van der Waals surface area contributed by atoms with Crippen molar-refractivity contribution in [2.24, 2.45) is 5.10 Å². The molecule has 13 heteroatoms. The minimum Gasteiger partial charge on any atom is -1.00 e. The average molecular weight is 564 g/mol. The number of fused-ring (bicyclic) bond motifs is 2. The van der Waals surface area contributed by atoms with Gasteiger partial charge in [0.05, 0.1) is 24.0 Å². The van der Waals surface area contributed by atoms with Crippen molar-refractivity contribution in [3.05, 3.63) is 62.6 Å². The van der Waals surface area contributed by atoms with Crippen molar-refractivity contribution < 1.29 is 45.6 Å². The van der Waals surface area contributed by atoms with E-state index >= 15 is 8.78 Å². The molecule has 0 saturated carbocycles. The Balaban J connectivity index is 0.00000353. The number of piperazine rings is 1. The molecule has 39 heavy (non-hydrogen) atoms. The van der Waals surface area contributed by atoms with Crippen LogP contribution in [0.3, 0.4) is 0 Å². The van der Waals surface area contributed by atoms with Crippen LogP contribution in [0.1, 0.15) is 38.1 Å². The highest BCUT2D eigenvalue weighted by atomic mass is 35.5. The van der Waals surface area contributed by atoms with Gasteiger partial charge in [0.2, 0.25) is 11.3 Å². The zero-order valence-electron chi connectivity index (χ0n) is 21.8. The molecule has 10 nitrogen and oxygen atoms in total. The van der Waals surface area contributed by atoms with E-state index < -0.39 is 34.6 Å². The molecule has 2 unspecified atom stereocenters. The fraction of sp³-hybridized carbons (Fsp3) is 0.385. The van der Waals surface area contributed by atoms with Gasteiger partial charge < -0.3 is 32.1 Å². The molecule has 0 aliphatic carbocycles. The Morgan fingerprint density at radius 2 is 1.90 bits per heavy atom. The van der Waals surface area contributed by atoms with Crippen LogP contribution in [0.25, 0.3) is 10.9 Å². The minimum absolute atomic E-state index is 0. The Kier molecular flexibility index (Phi) is 7.07. The van der Waals surface area contributed by atoms with E-state index in [0.717, 1.165) is 18.0 Å². The minimum atomic E-state index is -1.47. The first kappa shape index (κ1) is 28.2. The Bertz CT molecular complexity index is 1580. The third-order valence-corrected chi connectivity index (χ3v) is 7.80. The van der Waals surface area contributed by atoms with Crippen molar-refractivity contribution in [3.8, 4) is 0 Å². The van der Waals surface area contributed by atoms with Crippen LogP contribution in [-0.4, -0.2) is 74.4 Å². The van der Waals surface area contributed by atoms with E-state index in [-0.39, 0.29) is 64.8 Å². The number of carboxylic acids is 2. The average Bonchev–Trinajstić information content (AvgIpc) is 3.22. The summed E-state index contributed by atoms with van der Waals surface area (Å²) in [5.74, 6) is -4.01. The number of halogens is 3. The second-order valence-corrected chi connectivity index (χ2v) is 10.0. The third-order valence-electron chi connectivity index (χ3n) is 7.80. The van der Waals surface area contributed by atoms with E-state index in [1.54, 1.807) is 18.7 Å². The molecule has 2 atom stereocenters. The highest BCUT2D eigenvalue weighted by Gasteiger charge is 2.50. The zero-order valence-corrected chi connectivity index (χ0v) is 22.6. The van der Waals surface area contributed by atoms with Crippen molar-refractivity contribution in [3.63, 3.8) is 0 Å². The van der Waals surface area contributed by atoms with E-state index in [0.29, 0.717) is 24.6 Å². The number of carboxylic acid groups (broad SMARTS) is 2. The van der Waals surface area contributed by atoms with Gasteiger partial charge in [-0.25, -0.2) is 18.4 Å². The topological polar surface area (TPSA) is 115 Å². The van der Waals surface area contributed by atoms with Crippen LogP contribution < -0.4 is 22.7 Å². The van der Waals surface area contributed by atoms with Gasteiger partial charge in [-0.05, 0) is 45.4 Å². The van der Waals surface area contributed by atoms with Gasteiger partial charge >= 0.3 is 11.9 Å². The quantitative estimate of drug-likeness (QED) is 0.501. The molecule has 1 fully saturated rings. The molecule has 1 saturated heterocycles. The lowest BCUT2D eigenvalue weighted by atomic mass is 10.0. The van der Waals surface area contributed by atoms with E-state index in [1.807, 2.05) is 24.8 Å². The standard InChI is InChI=1S/C26H27F2N5O5.ClH/c1-5-30-11-17(25(35)36)23(34)16-9-18(27)22(20(28)21(16)30)31-6-7-33(15(4)10-31)12-32-14(3)8-13(2)19(26(37)38)24(32)29-33;/h8-9,11,15H,5-7,10,12H2,1-4H3,(H-,35,36,37,38);1H. The summed E-state index contributed by atoms with van der Waals surface area (Å²) in [6, 6.07) is 0.664. The summed E-state index contributed by atoms with van der Waals surface area (Å²) in [6.07, 6.45) is 2.90. The second-order valence-electron chi connectivity index (χ2n) is 10.0. The summed E-state index contributed by atoms with van der Waals surface area (Å²) in [6.45, 7) is 8.61. The van der Waals surface area contributed by atoms with Crippen LogP contribution in [0.15, 0.2) is 45.1 Å². The molecule has 208 valence electrons. The van der Waals surface area contributed by atoms with Gasteiger partial charge in [0.1, 0.15) is 35.2 Å². The van der Waals surface area contributed by atoms with Gasteiger partial charge in [-0.1, -0.05) is 5.10 Å². The summed E-state index contributed by atoms with van der Waals surface area (Å²) in [5, 5.41) is 23.7. The van der Waals surface area contributed by atoms with E-state index in [1.165, 1.54) is 4.57 Å². The molecule has 1 spiro atoms. The zero-order chi connectivity index (χ0) is 27.7. The Morgan fingerprint density at radius 1 is 1.21 bits per heavy atom. The maximum Gasteiger partial charge on any atom is 0.341 e. The van der Waals surface area contributed by atoms with Gasteiger partial charge in [0.25, 0.3) is 0 Å². The molecule has 5 rings (SSSR count). The summed E-state index contributed by atoms with van der Waals surface area (Å²) >= 11 is 0. The number of aryl methyl sites for hydroxylation is 1. The number of aliphatic carboxylic acids is 1. The van der Waals surface area contributed by atoms with Crippen LogP contribution >= 0.6 is 0 Å². The van der Waals surface area contributed by atoms with E-state index in [9.17, 15) is 24.6 Å². The first-order chi connectivity index (χ1) is 17.9. The van der Waals surface area contributed by atoms with Crippen LogP contribution in [0, 0.1) is 11.6 Å². The van der Waals surface area contributed by atoms with E-state index in [2.05, 4.69) is 0 Å². The summed E-state index contributed by atoms with van der Waals surface area (Å²) < 4.78 is 32.8. The van der Waals surface area contributed by atoms with Gasteiger partial charge in [0.15, 0.2) is 12.5 Å². The van der Waals surface area contributed by atoms with Crippen LogP contribution in [-0.2, 0) is 11.3 Å². The number of carbonyl (C=O) groups is 2. The molecule has 0 radical (unpaired) electrons. The number of anilines is 1. The molecular weight excluding hydrogens is 536 g/mol. The van der Waals surface area contributed by atoms with Crippen molar-refractivity contribution in [1.29, 1.82) is 0 Å². The number of nitrogens with zero attached hydrogens (tertiary/aromatic N) is 5. The van der Waals surface area contributed by atoms with Crippen LogP contribution in [0.5, 0.6) is 0 Å². The lowest BCUT2D eigenvalue weighted by Crippen LogP contribution is -3.00. The molecule has 4 heterocycles. The number of hydrogen-bond donors (Lipinski definition) is 2. The Morgan fingerprint density at radius 3 is 2.49 bits per heavy atom. The van der Waals surface area contributed by atoms with Crippen molar-refractivity contribution >= 4 is 34.4 Å². The first-order valence-corrected chi connectivity index (χ1v) is 12.3. The molecule has 3 aliphatic heterocycles. The Hall–Kier alpha value is -3.77. The van der Waals surface area contributed by atoms with Crippen molar-refractivity contribution in [2.45, 2.75) is 40.3 Å². The number of aromatic carboxylic acids is 1. The van der Waals surface area contributed by atoms with Crippen LogP contribution in [0.4, 0.5) is 14.5 Å². The molecule has 2 N–H and O–H groups in total. The maximum absolute atomic E-state index is 15.9. The van der Waals surface area contributed by atoms with Gasteiger partial charge in [0, 0.05) is 18.4 Å². The fourth-order valence-electron chi connectivity index (χ4n) is 5.76. The number of benzene rings is 1. The van der Waals surface area contributed by atoms with Gasteiger partial charge in [-0.15, -0.1) is 0 Å². The number of amidine groups is 1. The summed E-state index contributed by atoms with van der Waals surface area (Å²) in [5.41, 5.74) is -0.288. The monoisotopic (exact) mass is 563 g/mol. The second kappa shape index (κ2) is 9.76. The van der Waals surface area contributed by atoms with E-state index in [4.69, 9.17) is 5.10 Å². The van der Waals surface area contributed by atoms with Crippen LogP contribution in [0.2, 0.25) is 0 Å². The Labute approximate surface area is 228 Å². The molecule has 0 amide bonds. The summed E-state index contributed by atoms with van der Waals surface area (Å²) in [7, 11) is 0. The number of quaternary nitrogens is 1. The molecule has 0 bridgehead atoms. The maximum atomic E-state index is 15.9. The van der Waals surface area contributed by atoms with Gasteiger partial charge in [-0.3, -0.25) is 9.69 Å². The SMILES string of the molecule is CCn1cc(C(=O)O)c(=O)c2cc(F)c(N3CC[N+]4(CN5C(C)=CC(C)=C(C(=O)O)C5=N4)C(C)C3)c(F)c21.[Cl-]. The highest BCUT2D eigenvalue weighted by molar-refractivity contribution is 6.20.